The monoisotopic (exact) mass is 248 g/mol. The van der Waals surface area contributed by atoms with E-state index in [1.165, 1.54) is 12.1 Å². The van der Waals surface area contributed by atoms with Gasteiger partial charge in [0.05, 0.1) is 0 Å². The zero-order chi connectivity index (χ0) is 13.1. The molecule has 1 unspecified atom stereocenters. The Balaban J connectivity index is 2.21. The predicted octanol–water partition coefficient (Wildman–Crippen LogP) is 0.743. The van der Waals surface area contributed by atoms with Crippen molar-refractivity contribution >= 4 is 11.8 Å². The molecule has 5 heteroatoms. The molecule has 0 saturated carbocycles. The van der Waals surface area contributed by atoms with E-state index >= 15 is 0 Å². The SMILES string of the molecule is CCC1C(=O)NCCN1C(=O)c1ccc(O)cc1. The van der Waals surface area contributed by atoms with Crippen LogP contribution in [-0.4, -0.2) is 41.0 Å². The van der Waals surface area contributed by atoms with E-state index in [-0.39, 0.29) is 17.6 Å². The summed E-state index contributed by atoms with van der Waals surface area (Å²) in [7, 11) is 0. The molecule has 1 heterocycles. The van der Waals surface area contributed by atoms with Gasteiger partial charge in [0.1, 0.15) is 11.8 Å². The third kappa shape index (κ3) is 2.30. The standard InChI is InChI=1S/C13H16N2O3/c1-2-11-12(17)14-7-8-15(11)13(18)9-3-5-10(16)6-4-9/h3-6,11,16H,2,7-8H2,1H3,(H,14,17). The van der Waals surface area contributed by atoms with Crippen LogP contribution in [0.25, 0.3) is 0 Å². The zero-order valence-corrected chi connectivity index (χ0v) is 10.2. The lowest BCUT2D eigenvalue weighted by molar-refractivity contribution is -0.127. The number of nitrogens with one attached hydrogen (secondary N) is 1. The molecule has 2 amide bonds. The number of hydrogen-bond donors (Lipinski definition) is 2. The number of benzene rings is 1. The van der Waals surface area contributed by atoms with E-state index in [1.807, 2.05) is 6.92 Å². The first-order valence-electron chi connectivity index (χ1n) is 6.01. The summed E-state index contributed by atoms with van der Waals surface area (Å²) in [6.07, 6.45) is 0.593. The number of nitrogens with zero attached hydrogens (tertiary/aromatic N) is 1. The molecule has 1 aliphatic rings. The molecule has 2 rings (SSSR count). The van der Waals surface area contributed by atoms with Crippen molar-refractivity contribution in [2.75, 3.05) is 13.1 Å². The molecule has 1 aromatic carbocycles. The summed E-state index contributed by atoms with van der Waals surface area (Å²) in [6, 6.07) is 5.67. The minimum Gasteiger partial charge on any atom is -0.508 e. The van der Waals surface area contributed by atoms with Crippen LogP contribution in [0.15, 0.2) is 24.3 Å². The maximum absolute atomic E-state index is 12.3. The van der Waals surface area contributed by atoms with Gasteiger partial charge in [-0.15, -0.1) is 0 Å². The van der Waals surface area contributed by atoms with Gasteiger partial charge in [-0.05, 0) is 30.7 Å². The largest absolute Gasteiger partial charge is 0.508 e. The van der Waals surface area contributed by atoms with E-state index in [0.29, 0.717) is 25.1 Å². The molecule has 5 nitrogen and oxygen atoms in total. The van der Waals surface area contributed by atoms with Crippen molar-refractivity contribution in [2.24, 2.45) is 0 Å². The number of aromatic hydroxyl groups is 1. The van der Waals surface area contributed by atoms with E-state index in [4.69, 9.17) is 0 Å². The van der Waals surface area contributed by atoms with Crippen molar-refractivity contribution in [1.82, 2.24) is 10.2 Å². The van der Waals surface area contributed by atoms with Crippen LogP contribution in [0.5, 0.6) is 5.75 Å². The second kappa shape index (κ2) is 5.08. The number of carbonyl (C=O) groups is 2. The number of rotatable bonds is 2. The van der Waals surface area contributed by atoms with Crippen LogP contribution < -0.4 is 5.32 Å². The molecule has 0 spiro atoms. The average Bonchev–Trinajstić information content (AvgIpc) is 2.38. The van der Waals surface area contributed by atoms with Crippen LogP contribution in [0.2, 0.25) is 0 Å². The third-order valence-electron chi connectivity index (χ3n) is 3.09. The number of carbonyl (C=O) groups excluding carboxylic acids is 2. The van der Waals surface area contributed by atoms with Gasteiger partial charge in [-0.3, -0.25) is 9.59 Å². The van der Waals surface area contributed by atoms with E-state index in [0.717, 1.165) is 0 Å². The Morgan fingerprint density at radius 3 is 2.72 bits per heavy atom. The Morgan fingerprint density at radius 1 is 1.44 bits per heavy atom. The van der Waals surface area contributed by atoms with Crippen molar-refractivity contribution in [3.63, 3.8) is 0 Å². The highest BCUT2D eigenvalue weighted by Gasteiger charge is 2.31. The van der Waals surface area contributed by atoms with Crippen molar-refractivity contribution in [1.29, 1.82) is 0 Å². The molecule has 1 saturated heterocycles. The average molecular weight is 248 g/mol. The maximum Gasteiger partial charge on any atom is 0.254 e. The van der Waals surface area contributed by atoms with Crippen molar-refractivity contribution in [3.05, 3.63) is 29.8 Å². The molecule has 18 heavy (non-hydrogen) atoms. The van der Waals surface area contributed by atoms with Gasteiger partial charge >= 0.3 is 0 Å². The Hall–Kier alpha value is -2.04. The van der Waals surface area contributed by atoms with Crippen molar-refractivity contribution in [2.45, 2.75) is 19.4 Å². The summed E-state index contributed by atoms with van der Waals surface area (Å²) in [5.41, 5.74) is 0.487. The topological polar surface area (TPSA) is 69.6 Å². The lowest BCUT2D eigenvalue weighted by atomic mass is 10.1. The van der Waals surface area contributed by atoms with Crippen LogP contribution in [0.3, 0.4) is 0 Å². The summed E-state index contributed by atoms with van der Waals surface area (Å²) in [5, 5.41) is 12.0. The van der Waals surface area contributed by atoms with Crippen LogP contribution >= 0.6 is 0 Å². The van der Waals surface area contributed by atoms with Crippen molar-refractivity contribution in [3.8, 4) is 5.75 Å². The normalized spacial score (nSPS) is 19.5. The fraction of sp³-hybridized carbons (Fsp3) is 0.385. The molecule has 1 aliphatic heterocycles. The molecular formula is C13H16N2O3. The molecule has 1 aromatic rings. The lowest BCUT2D eigenvalue weighted by Gasteiger charge is -2.34. The Labute approximate surface area is 105 Å². The molecule has 0 radical (unpaired) electrons. The van der Waals surface area contributed by atoms with Gasteiger partial charge < -0.3 is 15.3 Å². The lowest BCUT2D eigenvalue weighted by Crippen LogP contribution is -2.56. The fourth-order valence-corrected chi connectivity index (χ4v) is 2.13. The number of hydrogen-bond acceptors (Lipinski definition) is 3. The van der Waals surface area contributed by atoms with Crippen LogP contribution in [0, 0.1) is 0 Å². The predicted molar refractivity (Wildman–Crippen MR) is 66.2 cm³/mol. The number of phenols is 1. The first-order valence-corrected chi connectivity index (χ1v) is 6.01. The highest BCUT2D eigenvalue weighted by Crippen LogP contribution is 2.16. The third-order valence-corrected chi connectivity index (χ3v) is 3.09. The summed E-state index contributed by atoms with van der Waals surface area (Å²) >= 11 is 0. The smallest absolute Gasteiger partial charge is 0.254 e. The summed E-state index contributed by atoms with van der Waals surface area (Å²) in [6.45, 7) is 2.88. The second-order valence-corrected chi connectivity index (χ2v) is 4.26. The van der Waals surface area contributed by atoms with Gasteiger partial charge in [0.2, 0.25) is 5.91 Å². The van der Waals surface area contributed by atoms with E-state index < -0.39 is 6.04 Å². The quantitative estimate of drug-likeness (QED) is 0.811. The van der Waals surface area contributed by atoms with Crippen molar-refractivity contribution < 1.29 is 14.7 Å². The van der Waals surface area contributed by atoms with Crippen LogP contribution in [-0.2, 0) is 4.79 Å². The van der Waals surface area contributed by atoms with E-state index in [2.05, 4.69) is 5.32 Å². The highest BCUT2D eigenvalue weighted by atomic mass is 16.3. The maximum atomic E-state index is 12.3. The molecule has 0 bridgehead atoms. The Kier molecular flexibility index (Phi) is 3.50. The first kappa shape index (κ1) is 12.4. The van der Waals surface area contributed by atoms with Gasteiger partial charge in [-0.2, -0.15) is 0 Å². The molecule has 0 aromatic heterocycles. The van der Waals surface area contributed by atoms with Crippen LogP contribution in [0.1, 0.15) is 23.7 Å². The molecular weight excluding hydrogens is 232 g/mol. The summed E-state index contributed by atoms with van der Waals surface area (Å²) in [4.78, 5) is 25.6. The number of piperazine rings is 1. The minimum absolute atomic E-state index is 0.101. The molecule has 2 N–H and O–H groups in total. The first-order chi connectivity index (χ1) is 8.63. The van der Waals surface area contributed by atoms with Gasteiger partial charge in [0.15, 0.2) is 0 Å². The minimum atomic E-state index is -0.403. The highest BCUT2D eigenvalue weighted by molar-refractivity contribution is 5.98. The van der Waals surface area contributed by atoms with Gasteiger partial charge in [0.25, 0.3) is 5.91 Å². The van der Waals surface area contributed by atoms with Gasteiger partial charge in [-0.25, -0.2) is 0 Å². The molecule has 96 valence electrons. The Bertz CT molecular complexity index is 456. The molecule has 1 fully saturated rings. The van der Waals surface area contributed by atoms with E-state index in [9.17, 15) is 14.7 Å². The molecule has 1 atom stereocenters. The van der Waals surface area contributed by atoms with Crippen LogP contribution in [0.4, 0.5) is 0 Å². The Morgan fingerprint density at radius 2 is 2.11 bits per heavy atom. The van der Waals surface area contributed by atoms with Gasteiger partial charge in [0, 0.05) is 18.7 Å². The zero-order valence-electron chi connectivity index (χ0n) is 10.2. The summed E-state index contributed by atoms with van der Waals surface area (Å²) < 4.78 is 0. The molecule has 0 aliphatic carbocycles. The van der Waals surface area contributed by atoms with Gasteiger partial charge in [-0.1, -0.05) is 6.92 Å². The number of amides is 2. The second-order valence-electron chi connectivity index (χ2n) is 4.26. The summed E-state index contributed by atoms with van der Waals surface area (Å²) in [5.74, 6) is -0.150. The number of phenolic OH excluding ortho intramolecular Hbond substituents is 1. The fourth-order valence-electron chi connectivity index (χ4n) is 2.13. The van der Waals surface area contributed by atoms with E-state index in [1.54, 1.807) is 17.0 Å².